The number of ketones is 2. The second-order valence-electron chi connectivity index (χ2n) is 5.26. The third kappa shape index (κ3) is 3.93. The van der Waals surface area contributed by atoms with Crippen LogP contribution in [0, 0.1) is 0 Å². The zero-order chi connectivity index (χ0) is 15.2. The molecule has 0 fully saturated rings. The second kappa shape index (κ2) is 7.72. The Hall–Kier alpha value is -1.18. The quantitative estimate of drug-likeness (QED) is 0.625. The van der Waals surface area contributed by atoms with Crippen molar-refractivity contribution < 1.29 is 24.5 Å². The molecule has 3 heteroatoms. The van der Waals surface area contributed by atoms with Crippen LogP contribution < -0.4 is 0 Å². The Labute approximate surface area is 133 Å². The molecule has 0 saturated heterocycles. The van der Waals surface area contributed by atoms with Gasteiger partial charge in [0.25, 0.3) is 0 Å². The number of allylic oxidation sites excluding steroid dienone is 8. The van der Waals surface area contributed by atoms with Crippen LogP contribution in [0.1, 0.15) is 52.4 Å². The second-order valence-corrected chi connectivity index (χ2v) is 6.86. The fourth-order valence-corrected chi connectivity index (χ4v) is 4.13. The van der Waals surface area contributed by atoms with E-state index < -0.39 is 0 Å². The first-order valence-electron chi connectivity index (χ1n) is 7.65. The summed E-state index contributed by atoms with van der Waals surface area (Å²) in [4.78, 5) is 24.3. The van der Waals surface area contributed by atoms with Crippen LogP contribution in [0.2, 0.25) is 0 Å². The minimum absolute atomic E-state index is 0.245. The summed E-state index contributed by atoms with van der Waals surface area (Å²) in [5.74, 6) is 0.489. The van der Waals surface area contributed by atoms with Crippen molar-refractivity contribution >= 4 is 11.6 Å². The normalized spacial score (nSPS) is 17.4. The van der Waals surface area contributed by atoms with Gasteiger partial charge in [0.15, 0.2) is 0 Å². The number of hydrogen-bond donors (Lipinski definition) is 0. The van der Waals surface area contributed by atoms with Crippen LogP contribution in [0.5, 0.6) is 0 Å². The number of hydrogen-bond acceptors (Lipinski definition) is 2. The number of Topliss-reactive ketones (excluding diaryl/α,β-unsaturated/α-hetero) is 2. The van der Waals surface area contributed by atoms with Crippen LogP contribution in [0.15, 0.2) is 44.4 Å². The molecule has 0 aromatic heterocycles. The third-order valence-corrected chi connectivity index (χ3v) is 5.20. The van der Waals surface area contributed by atoms with Gasteiger partial charge < -0.3 is 0 Å². The number of rotatable bonds is 8. The molecular weight excluding hydrogens is 304 g/mol. The fourth-order valence-electron chi connectivity index (χ4n) is 2.45. The molecule has 21 heavy (non-hydrogen) atoms. The summed E-state index contributed by atoms with van der Waals surface area (Å²) < 4.78 is 2.38. The minimum atomic E-state index is 0.245. The topological polar surface area (TPSA) is 34.1 Å². The molecule has 0 saturated carbocycles. The summed E-state index contributed by atoms with van der Waals surface area (Å²) in [6.45, 7) is 4.06. The molecule has 0 spiro atoms. The Morgan fingerprint density at radius 1 is 0.905 bits per heavy atom. The van der Waals surface area contributed by atoms with Crippen LogP contribution >= 0.6 is 0 Å². The molecule has 0 aromatic carbocycles. The predicted molar refractivity (Wildman–Crippen MR) is 81.4 cm³/mol. The van der Waals surface area contributed by atoms with Gasteiger partial charge in [-0.15, -0.1) is 0 Å². The Morgan fingerprint density at radius 2 is 1.33 bits per heavy atom. The van der Waals surface area contributed by atoms with Crippen LogP contribution in [0.25, 0.3) is 0 Å². The Bertz CT molecular complexity index is 512. The van der Waals surface area contributed by atoms with E-state index in [-0.39, 0.29) is 11.6 Å². The fraction of sp³-hybridized carbons (Fsp3) is 0.444. The summed E-state index contributed by atoms with van der Waals surface area (Å²) >= 11 is 0.773. The summed E-state index contributed by atoms with van der Waals surface area (Å²) in [6.07, 6.45) is 12.7. The predicted octanol–water partition coefficient (Wildman–Crippen LogP) is 4.24. The molecule has 2 nitrogen and oxygen atoms in total. The van der Waals surface area contributed by atoms with Crippen LogP contribution in [-0.2, 0) is 24.5 Å². The standard InChI is InChI=1S/2C9H11O.Fe/c2*1-2-5-9(10)8-6-3-4-7-8;/h2*3,6H,2,4-5H2,1H3;. The Kier molecular flexibility index (Phi) is 5.95. The van der Waals surface area contributed by atoms with E-state index in [2.05, 4.69) is 12.2 Å². The molecule has 114 valence electrons. The van der Waals surface area contributed by atoms with Crippen molar-refractivity contribution in [3.05, 3.63) is 44.4 Å². The zero-order valence-electron chi connectivity index (χ0n) is 12.7. The van der Waals surface area contributed by atoms with Gasteiger partial charge in [0.05, 0.1) is 0 Å². The maximum absolute atomic E-state index is 12.1. The monoisotopic (exact) mass is 326 g/mol. The molecule has 0 heterocycles. The molecule has 0 aromatic rings. The molecule has 2 rings (SSSR count). The van der Waals surface area contributed by atoms with E-state index in [0.29, 0.717) is 12.8 Å². The van der Waals surface area contributed by atoms with E-state index in [1.165, 1.54) is 8.94 Å². The third-order valence-electron chi connectivity index (χ3n) is 3.49. The molecule has 0 radical (unpaired) electrons. The van der Waals surface area contributed by atoms with Crippen molar-refractivity contribution in [1.82, 2.24) is 0 Å². The van der Waals surface area contributed by atoms with Gasteiger partial charge in [-0.2, -0.15) is 0 Å². The van der Waals surface area contributed by atoms with Gasteiger partial charge in [-0.25, -0.2) is 0 Å². The van der Waals surface area contributed by atoms with Gasteiger partial charge in [-0.1, -0.05) is 0 Å². The molecular formula is C18H22FeO2. The van der Waals surface area contributed by atoms with E-state index in [1.807, 2.05) is 26.0 Å². The SMILES string of the molecule is CCCC(=O)C1=[C]([Fe][C]2=C(C(=O)CCC)C=CC2)CC=C1. The molecule has 2 aliphatic rings. The average molecular weight is 326 g/mol. The Balaban J connectivity index is 2.17. The summed E-state index contributed by atoms with van der Waals surface area (Å²) in [7, 11) is 0. The van der Waals surface area contributed by atoms with Crippen LogP contribution in [-0.4, -0.2) is 11.6 Å². The molecule has 0 N–H and O–H groups in total. The zero-order valence-corrected chi connectivity index (χ0v) is 13.8. The Morgan fingerprint density at radius 3 is 1.71 bits per heavy atom. The van der Waals surface area contributed by atoms with E-state index in [9.17, 15) is 9.59 Å². The van der Waals surface area contributed by atoms with Crippen molar-refractivity contribution in [1.29, 1.82) is 0 Å². The molecule has 0 amide bonds. The first-order valence-corrected chi connectivity index (χ1v) is 8.75. The van der Waals surface area contributed by atoms with Crippen molar-refractivity contribution in [3.8, 4) is 0 Å². The van der Waals surface area contributed by atoms with Crippen molar-refractivity contribution in [2.75, 3.05) is 0 Å². The maximum atomic E-state index is 12.1. The summed E-state index contributed by atoms with van der Waals surface area (Å²) in [6, 6.07) is 0. The van der Waals surface area contributed by atoms with Gasteiger partial charge in [-0.3, -0.25) is 0 Å². The molecule has 0 bridgehead atoms. The van der Waals surface area contributed by atoms with Gasteiger partial charge in [0, 0.05) is 0 Å². The summed E-state index contributed by atoms with van der Waals surface area (Å²) in [5.41, 5.74) is 1.78. The number of carbonyl (C=O) groups excluding carboxylic acids is 2. The summed E-state index contributed by atoms with van der Waals surface area (Å²) in [5, 5.41) is 0. The van der Waals surface area contributed by atoms with Gasteiger partial charge in [0.2, 0.25) is 0 Å². The van der Waals surface area contributed by atoms with Crippen LogP contribution in [0.4, 0.5) is 0 Å². The first-order chi connectivity index (χ1) is 10.2. The molecule has 0 unspecified atom stereocenters. The number of carbonyl (C=O) groups is 2. The van der Waals surface area contributed by atoms with Gasteiger partial charge in [0.1, 0.15) is 0 Å². The van der Waals surface area contributed by atoms with E-state index in [1.54, 1.807) is 0 Å². The van der Waals surface area contributed by atoms with Crippen molar-refractivity contribution in [2.24, 2.45) is 0 Å². The van der Waals surface area contributed by atoms with E-state index in [0.717, 1.165) is 51.8 Å². The van der Waals surface area contributed by atoms with Crippen molar-refractivity contribution in [3.63, 3.8) is 0 Å². The van der Waals surface area contributed by atoms with Crippen LogP contribution in [0.3, 0.4) is 0 Å². The first kappa shape index (κ1) is 16.2. The molecule has 0 aliphatic heterocycles. The van der Waals surface area contributed by atoms with E-state index in [4.69, 9.17) is 0 Å². The molecule has 2 aliphatic carbocycles. The van der Waals surface area contributed by atoms with Gasteiger partial charge >= 0.3 is 133 Å². The van der Waals surface area contributed by atoms with Crippen molar-refractivity contribution in [2.45, 2.75) is 52.4 Å². The molecule has 0 atom stereocenters. The van der Waals surface area contributed by atoms with E-state index >= 15 is 0 Å². The average Bonchev–Trinajstić information content (AvgIpc) is 3.09. The van der Waals surface area contributed by atoms with Gasteiger partial charge in [-0.05, 0) is 0 Å².